The quantitative estimate of drug-likeness (QED) is 0.839. The number of rotatable bonds is 5. The van der Waals surface area contributed by atoms with Crippen molar-refractivity contribution in [3.05, 3.63) is 0 Å². The molecule has 1 heterocycles. The van der Waals surface area contributed by atoms with Crippen LogP contribution in [-0.4, -0.2) is 44.7 Å². The first-order chi connectivity index (χ1) is 8.97. The van der Waals surface area contributed by atoms with E-state index in [9.17, 15) is 8.42 Å². The lowest BCUT2D eigenvalue weighted by molar-refractivity contribution is 0.247. The molecule has 112 valence electrons. The third kappa shape index (κ3) is 4.43. The molecule has 1 aliphatic carbocycles. The Hall–Kier alpha value is -0.130. The summed E-state index contributed by atoms with van der Waals surface area (Å²) in [5.41, 5.74) is 0. The van der Waals surface area contributed by atoms with Crippen molar-refractivity contribution in [1.29, 1.82) is 0 Å². The van der Waals surface area contributed by atoms with Gasteiger partial charge >= 0.3 is 0 Å². The number of hydrogen-bond donors (Lipinski definition) is 1. The van der Waals surface area contributed by atoms with E-state index >= 15 is 0 Å². The fourth-order valence-electron chi connectivity index (χ4n) is 3.47. The third-order valence-electron chi connectivity index (χ3n) is 4.79. The molecule has 0 spiro atoms. The Kier molecular flexibility index (Phi) is 5.26. The second kappa shape index (κ2) is 6.55. The molecule has 2 aliphatic rings. The van der Waals surface area contributed by atoms with Crippen molar-refractivity contribution in [3.63, 3.8) is 0 Å². The number of nitrogens with one attached hydrogen (secondary N) is 1. The summed E-state index contributed by atoms with van der Waals surface area (Å²) in [6, 6.07) is 0.580. The fourth-order valence-corrected chi connectivity index (χ4v) is 4.41. The summed E-state index contributed by atoms with van der Waals surface area (Å²) in [5.74, 6) is 1.31. The zero-order valence-electron chi connectivity index (χ0n) is 12.3. The molecule has 2 rings (SSSR count). The molecule has 1 saturated carbocycles. The van der Waals surface area contributed by atoms with Crippen LogP contribution in [0.25, 0.3) is 0 Å². The molecule has 19 heavy (non-hydrogen) atoms. The summed E-state index contributed by atoms with van der Waals surface area (Å²) in [7, 11) is -3.01. The summed E-state index contributed by atoms with van der Waals surface area (Å²) < 4.78 is 24.8. The molecular formula is C14H28N2O2S. The van der Waals surface area contributed by atoms with Gasteiger partial charge in [0.25, 0.3) is 0 Å². The summed E-state index contributed by atoms with van der Waals surface area (Å²) in [5, 5.41) is 3.64. The lowest BCUT2D eigenvalue weighted by Gasteiger charge is -2.32. The molecule has 1 N–H and O–H groups in total. The van der Waals surface area contributed by atoms with E-state index in [1.54, 1.807) is 4.31 Å². The zero-order valence-corrected chi connectivity index (χ0v) is 13.1. The number of hydrogen-bond acceptors (Lipinski definition) is 3. The van der Waals surface area contributed by atoms with E-state index in [4.69, 9.17) is 0 Å². The maximum atomic E-state index is 11.6. The Balaban J connectivity index is 1.76. The molecule has 1 saturated heterocycles. The van der Waals surface area contributed by atoms with E-state index < -0.39 is 10.0 Å². The SMILES string of the molecule is C[C@H](NCC1CCCN(S(C)(=O)=O)C1)C1CCCC1. The van der Waals surface area contributed by atoms with E-state index in [2.05, 4.69) is 12.2 Å². The van der Waals surface area contributed by atoms with Crippen LogP contribution < -0.4 is 5.32 Å². The Morgan fingerprint density at radius 1 is 1.21 bits per heavy atom. The normalized spacial score (nSPS) is 28.6. The highest BCUT2D eigenvalue weighted by molar-refractivity contribution is 7.88. The van der Waals surface area contributed by atoms with Crippen molar-refractivity contribution in [3.8, 4) is 0 Å². The van der Waals surface area contributed by atoms with E-state index in [1.165, 1.54) is 31.9 Å². The fraction of sp³-hybridized carbons (Fsp3) is 1.00. The van der Waals surface area contributed by atoms with Gasteiger partial charge in [-0.15, -0.1) is 0 Å². The molecule has 1 unspecified atom stereocenters. The van der Waals surface area contributed by atoms with Gasteiger partial charge in [-0.2, -0.15) is 0 Å². The molecule has 5 heteroatoms. The van der Waals surface area contributed by atoms with Crippen LogP contribution in [0.2, 0.25) is 0 Å². The Bertz CT molecular complexity index is 377. The van der Waals surface area contributed by atoms with Gasteiger partial charge in [0.2, 0.25) is 10.0 Å². The molecule has 0 radical (unpaired) electrons. The topological polar surface area (TPSA) is 49.4 Å². The molecule has 0 aromatic carbocycles. The van der Waals surface area contributed by atoms with Crippen LogP contribution in [0.5, 0.6) is 0 Å². The van der Waals surface area contributed by atoms with Crippen molar-refractivity contribution in [1.82, 2.24) is 9.62 Å². The summed E-state index contributed by atoms with van der Waals surface area (Å²) in [6.45, 7) is 4.65. The minimum atomic E-state index is -3.01. The summed E-state index contributed by atoms with van der Waals surface area (Å²) >= 11 is 0. The highest BCUT2D eigenvalue weighted by atomic mass is 32.2. The van der Waals surface area contributed by atoms with Crippen molar-refractivity contribution in [2.45, 2.75) is 51.5 Å². The van der Waals surface area contributed by atoms with Gasteiger partial charge in [0, 0.05) is 19.1 Å². The van der Waals surface area contributed by atoms with Crippen LogP contribution in [0.4, 0.5) is 0 Å². The predicted molar refractivity (Wildman–Crippen MR) is 78.6 cm³/mol. The highest BCUT2D eigenvalue weighted by Gasteiger charge is 2.27. The van der Waals surface area contributed by atoms with Gasteiger partial charge in [0.15, 0.2) is 0 Å². The van der Waals surface area contributed by atoms with Crippen LogP contribution in [0, 0.1) is 11.8 Å². The predicted octanol–water partition coefficient (Wildman–Crippen LogP) is 1.83. The second-order valence-corrected chi connectivity index (χ2v) is 8.35. The van der Waals surface area contributed by atoms with Crippen molar-refractivity contribution in [2.75, 3.05) is 25.9 Å². The van der Waals surface area contributed by atoms with Crippen LogP contribution in [0.15, 0.2) is 0 Å². The van der Waals surface area contributed by atoms with Crippen LogP contribution >= 0.6 is 0 Å². The van der Waals surface area contributed by atoms with Crippen molar-refractivity contribution < 1.29 is 8.42 Å². The van der Waals surface area contributed by atoms with Gasteiger partial charge < -0.3 is 5.32 Å². The Morgan fingerprint density at radius 3 is 2.53 bits per heavy atom. The summed E-state index contributed by atoms with van der Waals surface area (Å²) in [6.07, 6.45) is 8.93. The standard InChI is InChI=1S/C14H28N2O2S/c1-12(14-7-3-4-8-14)15-10-13-6-5-9-16(11-13)19(2,17)18/h12-15H,3-11H2,1-2H3/t12-,13?/m0/s1. The van der Waals surface area contributed by atoms with E-state index in [0.717, 1.165) is 25.3 Å². The molecule has 0 aromatic rings. The second-order valence-electron chi connectivity index (χ2n) is 6.37. The maximum Gasteiger partial charge on any atom is 0.211 e. The molecular weight excluding hydrogens is 260 g/mol. The Labute approximate surface area is 118 Å². The van der Waals surface area contributed by atoms with Crippen LogP contribution in [-0.2, 0) is 10.0 Å². The summed E-state index contributed by atoms with van der Waals surface area (Å²) in [4.78, 5) is 0. The molecule has 0 aromatic heterocycles. The first-order valence-corrected chi connectivity index (χ1v) is 9.50. The van der Waals surface area contributed by atoms with Gasteiger partial charge in [0.05, 0.1) is 6.26 Å². The third-order valence-corrected chi connectivity index (χ3v) is 6.06. The lowest BCUT2D eigenvalue weighted by atomic mass is 9.96. The zero-order chi connectivity index (χ0) is 13.9. The molecule has 1 aliphatic heterocycles. The number of piperidine rings is 1. The van der Waals surface area contributed by atoms with Crippen molar-refractivity contribution in [2.24, 2.45) is 11.8 Å². The maximum absolute atomic E-state index is 11.6. The molecule has 2 fully saturated rings. The van der Waals surface area contributed by atoms with Crippen molar-refractivity contribution >= 4 is 10.0 Å². The molecule has 0 amide bonds. The van der Waals surface area contributed by atoms with E-state index in [0.29, 0.717) is 25.0 Å². The molecule has 4 nitrogen and oxygen atoms in total. The van der Waals surface area contributed by atoms with Gasteiger partial charge in [-0.1, -0.05) is 12.8 Å². The minimum Gasteiger partial charge on any atom is -0.314 e. The molecule has 2 atom stereocenters. The monoisotopic (exact) mass is 288 g/mol. The van der Waals surface area contributed by atoms with Gasteiger partial charge in [0.1, 0.15) is 0 Å². The first-order valence-electron chi connectivity index (χ1n) is 7.65. The van der Waals surface area contributed by atoms with Gasteiger partial charge in [-0.05, 0) is 51.0 Å². The van der Waals surface area contributed by atoms with E-state index in [-0.39, 0.29) is 0 Å². The van der Waals surface area contributed by atoms with Gasteiger partial charge in [-0.3, -0.25) is 0 Å². The largest absolute Gasteiger partial charge is 0.314 e. The van der Waals surface area contributed by atoms with E-state index in [1.807, 2.05) is 0 Å². The lowest BCUT2D eigenvalue weighted by Crippen LogP contribution is -2.44. The number of sulfonamides is 1. The van der Waals surface area contributed by atoms with Crippen LogP contribution in [0.3, 0.4) is 0 Å². The minimum absolute atomic E-state index is 0.479. The van der Waals surface area contributed by atoms with Crippen LogP contribution in [0.1, 0.15) is 45.4 Å². The highest BCUT2D eigenvalue weighted by Crippen LogP contribution is 2.27. The Morgan fingerprint density at radius 2 is 1.89 bits per heavy atom. The average molecular weight is 288 g/mol. The van der Waals surface area contributed by atoms with Gasteiger partial charge in [-0.25, -0.2) is 12.7 Å². The smallest absolute Gasteiger partial charge is 0.211 e. The first kappa shape index (κ1) is 15.3. The molecule has 0 bridgehead atoms. The number of nitrogens with zero attached hydrogens (tertiary/aromatic N) is 1. The average Bonchev–Trinajstić information content (AvgIpc) is 2.89.